The number of benzene rings is 3. The first-order valence-corrected chi connectivity index (χ1v) is 20.0. The monoisotopic (exact) mass is 821 g/mol. The Balaban J connectivity index is 0.000000443. The van der Waals surface area contributed by atoms with Crippen LogP contribution in [0.3, 0.4) is 0 Å². The fourth-order valence-corrected chi connectivity index (χ4v) is 4.18. The molecule has 3 atom stereocenters. The highest BCUT2D eigenvalue weighted by Crippen LogP contribution is 2.06. The number of rotatable bonds is 20. The molecule has 59 heavy (non-hydrogen) atoms. The molecule has 324 valence electrons. The van der Waals surface area contributed by atoms with Gasteiger partial charge >= 0.3 is 36.1 Å². The van der Waals surface area contributed by atoms with Gasteiger partial charge in [0.05, 0.1) is 37.4 Å². The van der Waals surface area contributed by atoms with Gasteiger partial charge in [0.1, 0.15) is 26.4 Å². The summed E-state index contributed by atoms with van der Waals surface area (Å²) in [6, 6.07) is 27.6. The lowest BCUT2D eigenvalue weighted by Gasteiger charge is -2.10. The molecule has 3 aromatic carbocycles. The molecule has 0 saturated carbocycles. The zero-order chi connectivity index (χ0) is 43.7. The Kier molecular flexibility index (Phi) is 27.5. The maximum Gasteiger partial charge on any atom is 0.407 e. The van der Waals surface area contributed by atoms with E-state index < -0.39 is 6.09 Å². The highest BCUT2D eigenvalue weighted by atomic mass is 16.6. The van der Waals surface area contributed by atoms with Crippen molar-refractivity contribution in [1.82, 2.24) is 21.3 Å². The van der Waals surface area contributed by atoms with Crippen LogP contribution in [0.2, 0.25) is 0 Å². The Bertz CT molecular complexity index is 1550. The third-order valence-electron chi connectivity index (χ3n) is 8.46. The maximum absolute atomic E-state index is 11.5. The number of alkyl carbamates (subject to hydrolysis) is 1. The predicted octanol–water partition coefficient (Wildman–Crippen LogP) is 6.97. The average Bonchev–Trinajstić information content (AvgIpc) is 3.26. The zero-order valence-electron chi connectivity index (χ0n) is 35.3. The number of ether oxygens (including phenoxy) is 4. The zero-order valence-corrected chi connectivity index (χ0v) is 35.3. The molecule has 3 rings (SSSR count). The van der Waals surface area contributed by atoms with E-state index in [0.29, 0.717) is 19.6 Å². The van der Waals surface area contributed by atoms with E-state index in [4.69, 9.17) is 18.9 Å². The molecule has 0 radical (unpaired) electrons. The minimum atomic E-state index is -0.520. The van der Waals surface area contributed by atoms with Gasteiger partial charge in [0.2, 0.25) is 0 Å². The van der Waals surface area contributed by atoms with Gasteiger partial charge in [0.15, 0.2) is 0 Å². The summed E-state index contributed by atoms with van der Waals surface area (Å²) in [7, 11) is 0. The van der Waals surface area contributed by atoms with Crippen LogP contribution in [0.25, 0.3) is 0 Å². The number of urea groups is 2. The highest BCUT2D eigenvalue weighted by Gasteiger charge is 2.13. The predicted molar refractivity (Wildman–Crippen MR) is 226 cm³/mol. The number of hydrogen-bond donors (Lipinski definition) is 5. The fourth-order valence-electron chi connectivity index (χ4n) is 4.18. The number of nitrogens with one attached hydrogen (secondary N) is 5. The molecule has 0 aliphatic heterocycles. The number of para-hydroxylation sites is 1. The van der Waals surface area contributed by atoms with Crippen molar-refractivity contribution >= 4 is 41.8 Å². The van der Waals surface area contributed by atoms with E-state index in [9.17, 15) is 28.8 Å². The summed E-state index contributed by atoms with van der Waals surface area (Å²) >= 11 is 0. The van der Waals surface area contributed by atoms with Crippen molar-refractivity contribution in [3.8, 4) is 0 Å². The van der Waals surface area contributed by atoms with Crippen LogP contribution in [0.4, 0.5) is 20.1 Å². The van der Waals surface area contributed by atoms with Gasteiger partial charge < -0.3 is 45.5 Å². The summed E-state index contributed by atoms with van der Waals surface area (Å²) in [5.74, 6) is -1.00. The molecule has 0 aliphatic carbocycles. The smallest absolute Gasteiger partial charge is 0.407 e. The lowest BCUT2D eigenvalue weighted by Crippen LogP contribution is -2.37. The van der Waals surface area contributed by atoms with Crippen LogP contribution in [0.5, 0.6) is 0 Å². The summed E-state index contributed by atoms with van der Waals surface area (Å²) in [4.78, 5) is 68.5. The van der Waals surface area contributed by atoms with Gasteiger partial charge in [-0.2, -0.15) is 0 Å². The first-order valence-electron chi connectivity index (χ1n) is 20.0. The summed E-state index contributed by atoms with van der Waals surface area (Å²) < 4.78 is 20.1. The molecule has 0 saturated heterocycles. The van der Waals surface area contributed by atoms with Crippen LogP contribution >= 0.6 is 0 Å². The summed E-state index contributed by atoms with van der Waals surface area (Å²) in [5.41, 5.74) is 2.67. The number of amides is 5. The van der Waals surface area contributed by atoms with Crippen LogP contribution in [-0.2, 0) is 46.5 Å². The van der Waals surface area contributed by atoms with E-state index in [2.05, 4.69) is 26.6 Å². The van der Waals surface area contributed by atoms with Crippen LogP contribution < -0.4 is 26.6 Å². The summed E-state index contributed by atoms with van der Waals surface area (Å²) in [6.45, 7) is 13.3. The van der Waals surface area contributed by atoms with Crippen LogP contribution in [0.15, 0.2) is 91.0 Å². The topological polar surface area (TPSA) is 199 Å². The Morgan fingerprint density at radius 3 is 1.31 bits per heavy atom. The van der Waals surface area contributed by atoms with Gasteiger partial charge in [-0.15, -0.1) is 0 Å². The molecule has 5 N–H and O–H groups in total. The summed E-state index contributed by atoms with van der Waals surface area (Å²) in [5, 5.41) is 13.2. The molecule has 0 fully saturated rings. The van der Waals surface area contributed by atoms with E-state index in [0.717, 1.165) is 36.1 Å². The van der Waals surface area contributed by atoms with Crippen molar-refractivity contribution in [2.75, 3.05) is 44.8 Å². The highest BCUT2D eigenvalue weighted by molar-refractivity contribution is 5.89. The van der Waals surface area contributed by atoms with Gasteiger partial charge in [0.25, 0.3) is 0 Å². The van der Waals surface area contributed by atoms with Crippen molar-refractivity contribution in [2.45, 2.75) is 74.0 Å². The lowest BCUT2D eigenvalue weighted by molar-refractivity contribution is -0.148. The van der Waals surface area contributed by atoms with E-state index in [1.54, 1.807) is 12.1 Å². The van der Waals surface area contributed by atoms with Crippen LogP contribution in [0, 0.1) is 17.8 Å². The number of anilines is 1. The van der Waals surface area contributed by atoms with E-state index in [1.807, 2.05) is 120 Å². The van der Waals surface area contributed by atoms with Gasteiger partial charge in [0, 0.05) is 12.2 Å². The van der Waals surface area contributed by atoms with Crippen molar-refractivity contribution < 1.29 is 47.7 Å². The Morgan fingerprint density at radius 1 is 0.475 bits per heavy atom. The standard InChI is InChI=1S/C15H22N2O3.C15H21NO4.C14H20N2O3/c1-3-12(2)14(18)20-10-9-16-15(19)17-11-13-7-5-4-6-8-13;1-3-12(2)14(17)19-10-9-16-15(18)20-11-13-7-5-4-6-8-13;1-3-11(2)13(17)19-10-9-15-14(18)16-12-7-5-4-6-8-12/h4-8,12H,3,9-11H2,1-2H3,(H2,16,17,19);4-8,12H,3,9-11H2,1-2H3,(H,16,18);4-8,11H,3,9-10H2,1-2H3,(H2,15,16,18). The molecule has 0 aromatic heterocycles. The van der Waals surface area contributed by atoms with Crippen molar-refractivity contribution in [3.63, 3.8) is 0 Å². The molecular formula is C44H63N5O10. The van der Waals surface area contributed by atoms with Crippen molar-refractivity contribution in [1.29, 1.82) is 0 Å². The molecule has 0 aliphatic rings. The number of esters is 3. The van der Waals surface area contributed by atoms with Crippen molar-refractivity contribution in [3.05, 3.63) is 102 Å². The second-order valence-electron chi connectivity index (χ2n) is 13.3. The first-order chi connectivity index (χ1) is 28.4. The van der Waals surface area contributed by atoms with Gasteiger partial charge in [-0.05, 0) is 42.5 Å². The third-order valence-corrected chi connectivity index (χ3v) is 8.46. The number of carbonyl (C=O) groups is 6. The SMILES string of the molecule is CCC(C)C(=O)OCCNC(=O)NCc1ccccc1.CCC(C)C(=O)OCCNC(=O)Nc1ccccc1.CCC(C)C(=O)OCCNC(=O)OCc1ccccc1. The Hall–Kier alpha value is -6.12. The quantitative estimate of drug-likeness (QED) is 0.0450. The second kappa shape index (κ2) is 31.9. The summed E-state index contributed by atoms with van der Waals surface area (Å²) in [6.07, 6.45) is 1.73. The van der Waals surface area contributed by atoms with Gasteiger partial charge in [-0.25, -0.2) is 14.4 Å². The molecule has 0 heterocycles. The van der Waals surface area contributed by atoms with Gasteiger partial charge in [-0.3, -0.25) is 14.4 Å². The largest absolute Gasteiger partial charge is 0.464 e. The molecule has 15 heteroatoms. The second-order valence-corrected chi connectivity index (χ2v) is 13.3. The first kappa shape index (κ1) is 50.9. The lowest BCUT2D eigenvalue weighted by atomic mass is 10.1. The van der Waals surface area contributed by atoms with E-state index in [-0.39, 0.29) is 80.7 Å². The normalized spacial score (nSPS) is 11.5. The minimum absolute atomic E-state index is 0.0955. The van der Waals surface area contributed by atoms with Gasteiger partial charge in [-0.1, -0.05) is 120 Å². The third kappa shape index (κ3) is 25.7. The molecule has 0 spiro atoms. The van der Waals surface area contributed by atoms with E-state index in [1.165, 1.54) is 0 Å². The maximum atomic E-state index is 11.5. The number of carbonyl (C=O) groups excluding carboxylic acids is 6. The molecule has 5 amide bonds. The molecule has 3 unspecified atom stereocenters. The average molecular weight is 822 g/mol. The Labute approximate surface area is 348 Å². The minimum Gasteiger partial charge on any atom is -0.464 e. The number of hydrogen-bond acceptors (Lipinski definition) is 10. The van der Waals surface area contributed by atoms with Crippen molar-refractivity contribution in [2.24, 2.45) is 17.8 Å². The molecule has 15 nitrogen and oxygen atoms in total. The fraction of sp³-hybridized carbons (Fsp3) is 0.455. The van der Waals surface area contributed by atoms with E-state index >= 15 is 0 Å². The molecular weight excluding hydrogens is 759 g/mol. The molecule has 3 aromatic rings. The molecule has 0 bridgehead atoms. The van der Waals surface area contributed by atoms with Crippen LogP contribution in [-0.4, -0.2) is 75.5 Å². The van der Waals surface area contributed by atoms with Crippen LogP contribution in [0.1, 0.15) is 71.9 Å². The Morgan fingerprint density at radius 2 is 0.864 bits per heavy atom.